The Morgan fingerprint density at radius 2 is 2.18 bits per heavy atom. The van der Waals surface area contributed by atoms with E-state index in [0.717, 1.165) is 21.2 Å². The molecule has 1 heterocycles. The van der Waals surface area contributed by atoms with Crippen LogP contribution >= 0.6 is 15.9 Å². The predicted molar refractivity (Wildman–Crippen MR) is 69.5 cm³/mol. The van der Waals surface area contributed by atoms with Crippen LogP contribution in [0.1, 0.15) is 40.7 Å². The van der Waals surface area contributed by atoms with E-state index in [1.807, 2.05) is 19.1 Å². The molecule has 0 saturated heterocycles. The second kappa shape index (κ2) is 4.10. The van der Waals surface area contributed by atoms with Crippen LogP contribution in [0.5, 0.6) is 0 Å². The molecule has 1 aliphatic heterocycles. The summed E-state index contributed by atoms with van der Waals surface area (Å²) < 4.78 is 1.05. The summed E-state index contributed by atoms with van der Waals surface area (Å²) in [5, 5.41) is 1.77. The number of carbonyl (C=O) groups excluding carboxylic acids is 1. The second-order valence-corrected chi connectivity index (χ2v) is 5.82. The molecular formula is C13H15BrN2O. The van der Waals surface area contributed by atoms with E-state index in [0.29, 0.717) is 12.6 Å². The van der Waals surface area contributed by atoms with Crippen molar-refractivity contribution < 1.29 is 4.79 Å². The zero-order valence-electron chi connectivity index (χ0n) is 9.79. The smallest absolute Gasteiger partial charge is 0.268 e. The van der Waals surface area contributed by atoms with Gasteiger partial charge in [-0.3, -0.25) is 9.80 Å². The fourth-order valence-corrected chi connectivity index (χ4v) is 3.10. The molecule has 3 rings (SSSR count). The first-order valence-corrected chi connectivity index (χ1v) is 6.81. The highest BCUT2D eigenvalue weighted by Gasteiger charge is 2.31. The molecule has 0 atom stereocenters. The monoisotopic (exact) mass is 294 g/mol. The lowest BCUT2D eigenvalue weighted by Gasteiger charge is -2.31. The van der Waals surface area contributed by atoms with Gasteiger partial charge in [-0.25, -0.2) is 5.43 Å². The molecular weight excluding hydrogens is 280 g/mol. The molecule has 3 nitrogen and oxygen atoms in total. The number of fused-ring (bicyclic) bond motifs is 1. The topological polar surface area (TPSA) is 32.3 Å². The molecule has 0 bridgehead atoms. The molecule has 0 radical (unpaired) electrons. The van der Waals surface area contributed by atoms with Gasteiger partial charge in [-0.2, -0.15) is 0 Å². The summed E-state index contributed by atoms with van der Waals surface area (Å²) in [6.45, 7) is 2.68. The lowest BCUT2D eigenvalue weighted by Crippen LogP contribution is -2.47. The minimum absolute atomic E-state index is 0.122. The zero-order chi connectivity index (χ0) is 12.0. The molecule has 90 valence electrons. The minimum atomic E-state index is 0.122. The summed E-state index contributed by atoms with van der Waals surface area (Å²) in [4.78, 5) is 12.3. The van der Waals surface area contributed by atoms with Crippen LogP contribution in [0.2, 0.25) is 0 Å². The van der Waals surface area contributed by atoms with Gasteiger partial charge in [-0.15, -0.1) is 0 Å². The van der Waals surface area contributed by atoms with Crippen LogP contribution in [0.3, 0.4) is 0 Å². The molecule has 0 spiro atoms. The third kappa shape index (κ3) is 1.89. The fraction of sp³-hybridized carbons (Fsp3) is 0.462. The van der Waals surface area contributed by atoms with Crippen LogP contribution in [-0.4, -0.2) is 17.0 Å². The number of aryl methyl sites for hydroxylation is 1. The van der Waals surface area contributed by atoms with Gasteiger partial charge in [0.15, 0.2) is 0 Å². The van der Waals surface area contributed by atoms with Crippen molar-refractivity contribution >= 4 is 21.8 Å². The number of hydrogen-bond donors (Lipinski definition) is 1. The van der Waals surface area contributed by atoms with Crippen LogP contribution in [0.4, 0.5) is 0 Å². The first-order chi connectivity index (χ1) is 8.15. The molecule has 1 fully saturated rings. The number of benzene rings is 1. The van der Waals surface area contributed by atoms with Gasteiger partial charge in [0, 0.05) is 16.1 Å². The van der Waals surface area contributed by atoms with E-state index in [4.69, 9.17) is 0 Å². The van der Waals surface area contributed by atoms with Crippen molar-refractivity contribution in [1.82, 2.24) is 10.4 Å². The summed E-state index contributed by atoms with van der Waals surface area (Å²) in [7, 11) is 0. The highest BCUT2D eigenvalue weighted by Crippen LogP contribution is 2.29. The summed E-state index contributed by atoms with van der Waals surface area (Å²) >= 11 is 3.48. The van der Waals surface area contributed by atoms with Crippen molar-refractivity contribution in [2.75, 3.05) is 0 Å². The predicted octanol–water partition coefficient (Wildman–Crippen LogP) is 2.77. The molecule has 0 unspecified atom stereocenters. The Morgan fingerprint density at radius 3 is 2.82 bits per heavy atom. The number of hydrazine groups is 1. The van der Waals surface area contributed by atoms with E-state index in [1.165, 1.54) is 19.3 Å². The Morgan fingerprint density at radius 1 is 1.41 bits per heavy atom. The highest BCUT2D eigenvalue weighted by molar-refractivity contribution is 9.10. The Balaban J connectivity index is 1.86. The maximum absolute atomic E-state index is 12.3. The van der Waals surface area contributed by atoms with Gasteiger partial charge in [0.1, 0.15) is 0 Å². The number of nitrogens with zero attached hydrogens (tertiary/aromatic N) is 1. The van der Waals surface area contributed by atoms with Crippen LogP contribution in [0.25, 0.3) is 0 Å². The molecule has 1 aliphatic carbocycles. The SMILES string of the molecule is Cc1cc(Br)cc2c1C(=O)N(NC1CCC1)C2. The van der Waals surface area contributed by atoms with E-state index in [1.54, 1.807) is 5.01 Å². The Hall–Kier alpha value is -0.870. The van der Waals surface area contributed by atoms with Gasteiger partial charge < -0.3 is 0 Å². The van der Waals surface area contributed by atoms with Crippen molar-refractivity contribution in [3.63, 3.8) is 0 Å². The fourth-order valence-electron chi connectivity index (χ4n) is 2.48. The van der Waals surface area contributed by atoms with Crippen molar-refractivity contribution in [2.24, 2.45) is 0 Å². The van der Waals surface area contributed by atoms with Crippen molar-refractivity contribution in [1.29, 1.82) is 0 Å². The van der Waals surface area contributed by atoms with E-state index in [-0.39, 0.29) is 5.91 Å². The number of nitrogens with one attached hydrogen (secondary N) is 1. The summed E-state index contributed by atoms with van der Waals surface area (Å²) in [6.07, 6.45) is 3.64. The van der Waals surface area contributed by atoms with Crippen LogP contribution in [0.15, 0.2) is 16.6 Å². The quantitative estimate of drug-likeness (QED) is 0.910. The molecule has 1 aromatic carbocycles. The largest absolute Gasteiger partial charge is 0.269 e. The molecule has 4 heteroatoms. The standard InChI is InChI=1S/C13H15BrN2O/c1-8-5-10(14)6-9-7-16(13(17)12(8)9)15-11-3-2-4-11/h5-6,11,15H,2-4,7H2,1H3. The van der Waals surface area contributed by atoms with Gasteiger partial charge in [0.25, 0.3) is 5.91 Å². The number of hydrogen-bond acceptors (Lipinski definition) is 2. The summed E-state index contributed by atoms with van der Waals surface area (Å²) in [5.41, 5.74) is 6.37. The normalized spacial score (nSPS) is 19.4. The number of amides is 1. The molecule has 1 N–H and O–H groups in total. The van der Waals surface area contributed by atoms with Crippen LogP contribution in [0, 0.1) is 6.92 Å². The maximum atomic E-state index is 12.3. The van der Waals surface area contributed by atoms with E-state index in [2.05, 4.69) is 21.4 Å². The molecule has 2 aliphatic rings. The molecule has 17 heavy (non-hydrogen) atoms. The molecule has 0 aromatic heterocycles. The van der Waals surface area contributed by atoms with Crippen molar-refractivity contribution in [3.8, 4) is 0 Å². The second-order valence-electron chi connectivity index (χ2n) is 4.91. The zero-order valence-corrected chi connectivity index (χ0v) is 11.4. The summed E-state index contributed by atoms with van der Waals surface area (Å²) in [6, 6.07) is 4.55. The van der Waals surface area contributed by atoms with Crippen LogP contribution in [-0.2, 0) is 6.54 Å². The van der Waals surface area contributed by atoms with Gasteiger partial charge in [-0.05, 0) is 43.0 Å². The van der Waals surface area contributed by atoms with E-state index < -0.39 is 0 Å². The first kappa shape index (κ1) is 11.2. The highest BCUT2D eigenvalue weighted by atomic mass is 79.9. The minimum Gasteiger partial charge on any atom is -0.269 e. The number of rotatable bonds is 2. The van der Waals surface area contributed by atoms with Crippen molar-refractivity contribution in [2.45, 2.75) is 38.8 Å². The average Bonchev–Trinajstić information content (AvgIpc) is 2.49. The third-order valence-electron chi connectivity index (χ3n) is 3.61. The number of halogens is 1. The van der Waals surface area contributed by atoms with Gasteiger partial charge in [0.05, 0.1) is 6.54 Å². The maximum Gasteiger partial charge on any atom is 0.268 e. The third-order valence-corrected chi connectivity index (χ3v) is 4.07. The molecule has 1 saturated carbocycles. The Kier molecular flexibility index (Phi) is 2.71. The van der Waals surface area contributed by atoms with Gasteiger partial charge in [-0.1, -0.05) is 22.4 Å². The lowest BCUT2D eigenvalue weighted by atomic mass is 9.94. The van der Waals surface area contributed by atoms with E-state index >= 15 is 0 Å². The van der Waals surface area contributed by atoms with E-state index in [9.17, 15) is 4.79 Å². The lowest BCUT2D eigenvalue weighted by molar-refractivity contribution is 0.0593. The summed E-state index contributed by atoms with van der Waals surface area (Å²) in [5.74, 6) is 0.122. The van der Waals surface area contributed by atoms with Crippen molar-refractivity contribution in [3.05, 3.63) is 33.3 Å². The molecule has 1 amide bonds. The number of carbonyl (C=O) groups is 1. The van der Waals surface area contributed by atoms with Gasteiger partial charge in [0.2, 0.25) is 0 Å². The Labute approximate surface area is 109 Å². The first-order valence-electron chi connectivity index (χ1n) is 6.02. The van der Waals surface area contributed by atoms with Gasteiger partial charge >= 0.3 is 0 Å². The molecule has 1 aromatic rings. The Bertz CT molecular complexity index is 483. The van der Waals surface area contributed by atoms with Crippen LogP contribution < -0.4 is 5.43 Å². The average molecular weight is 295 g/mol.